The van der Waals surface area contributed by atoms with Crippen molar-refractivity contribution in [2.45, 2.75) is 0 Å². The largest absolute Gasteiger partial charge is 0.289 e. The maximum Gasteiger partial charge on any atom is 0.194 e. The molecule has 0 bridgehead atoms. The second-order valence-electron chi connectivity index (χ2n) is 3.70. The fraction of sp³-hybridized carbons (Fsp3) is 0. The zero-order valence-corrected chi connectivity index (χ0v) is 10.7. The van der Waals surface area contributed by atoms with E-state index in [1.165, 1.54) is 12.1 Å². The van der Waals surface area contributed by atoms with Crippen molar-refractivity contribution in [3.63, 3.8) is 0 Å². The minimum atomic E-state index is -1.21. The van der Waals surface area contributed by atoms with E-state index in [1.807, 2.05) is 0 Å². The van der Waals surface area contributed by atoms with Crippen LogP contribution in [0.3, 0.4) is 0 Å². The summed E-state index contributed by atoms with van der Waals surface area (Å²) in [4.78, 5) is 12.0. The molecule has 2 aromatic rings. The lowest BCUT2D eigenvalue weighted by molar-refractivity contribution is 0.103. The van der Waals surface area contributed by atoms with Gasteiger partial charge in [0.25, 0.3) is 0 Å². The highest BCUT2D eigenvalue weighted by Crippen LogP contribution is 2.24. The highest BCUT2D eigenvalue weighted by molar-refractivity contribution is 6.35. The van der Waals surface area contributed by atoms with Gasteiger partial charge in [-0.05, 0) is 30.3 Å². The van der Waals surface area contributed by atoms with E-state index in [-0.39, 0.29) is 21.2 Å². The maximum atomic E-state index is 13.2. The molecule has 2 aromatic carbocycles. The van der Waals surface area contributed by atoms with E-state index < -0.39 is 23.2 Å². The Balaban J connectivity index is 2.49. The molecule has 98 valence electrons. The molecule has 0 radical (unpaired) electrons. The second-order valence-corrected chi connectivity index (χ2v) is 4.52. The molecule has 0 amide bonds. The number of carbonyl (C=O) groups excluding carboxylic acids is 1. The van der Waals surface area contributed by atoms with Crippen LogP contribution in [-0.4, -0.2) is 5.78 Å². The SMILES string of the molecule is O=C(c1ccc(Cl)c(F)c1)c1cc(F)c(F)cc1Cl. The van der Waals surface area contributed by atoms with Crippen LogP contribution in [0.1, 0.15) is 15.9 Å². The van der Waals surface area contributed by atoms with Crippen LogP contribution in [0.15, 0.2) is 30.3 Å². The Kier molecular flexibility index (Phi) is 3.83. The lowest BCUT2D eigenvalue weighted by Crippen LogP contribution is -2.04. The number of hydrogen-bond donors (Lipinski definition) is 0. The molecule has 0 aliphatic heterocycles. The molecule has 19 heavy (non-hydrogen) atoms. The standard InChI is InChI=1S/C13H5Cl2F3O/c14-8-2-1-6(3-10(8)16)13(19)7-4-11(17)12(18)5-9(7)15/h1-5H. The Bertz CT molecular complexity index is 671. The van der Waals surface area contributed by atoms with E-state index >= 15 is 0 Å². The van der Waals surface area contributed by atoms with Crippen LogP contribution in [0.4, 0.5) is 13.2 Å². The first-order valence-electron chi connectivity index (χ1n) is 5.04. The van der Waals surface area contributed by atoms with Crippen LogP contribution in [-0.2, 0) is 0 Å². The molecule has 2 rings (SSSR count). The molecule has 0 saturated heterocycles. The van der Waals surface area contributed by atoms with Gasteiger partial charge in [-0.25, -0.2) is 13.2 Å². The summed E-state index contributed by atoms with van der Waals surface area (Å²) in [6.07, 6.45) is 0. The van der Waals surface area contributed by atoms with Crippen molar-refractivity contribution in [3.05, 3.63) is 69.0 Å². The van der Waals surface area contributed by atoms with Gasteiger partial charge in [0.2, 0.25) is 0 Å². The smallest absolute Gasteiger partial charge is 0.194 e. The summed E-state index contributed by atoms with van der Waals surface area (Å²) in [7, 11) is 0. The van der Waals surface area contributed by atoms with E-state index in [9.17, 15) is 18.0 Å². The van der Waals surface area contributed by atoms with Crippen molar-refractivity contribution in [1.82, 2.24) is 0 Å². The van der Waals surface area contributed by atoms with Crippen LogP contribution < -0.4 is 0 Å². The van der Waals surface area contributed by atoms with Crippen LogP contribution in [0.5, 0.6) is 0 Å². The molecule has 0 spiro atoms. The van der Waals surface area contributed by atoms with E-state index in [1.54, 1.807) is 0 Å². The summed E-state index contributed by atoms with van der Waals surface area (Å²) in [6.45, 7) is 0. The molecule has 0 fully saturated rings. The topological polar surface area (TPSA) is 17.1 Å². The average Bonchev–Trinajstić information content (AvgIpc) is 2.36. The monoisotopic (exact) mass is 304 g/mol. The number of ketones is 1. The minimum absolute atomic E-state index is 0.0604. The van der Waals surface area contributed by atoms with Gasteiger partial charge in [0.05, 0.1) is 10.0 Å². The highest BCUT2D eigenvalue weighted by atomic mass is 35.5. The summed E-state index contributed by atoms with van der Waals surface area (Å²) < 4.78 is 39.2. The van der Waals surface area contributed by atoms with Crippen molar-refractivity contribution >= 4 is 29.0 Å². The van der Waals surface area contributed by atoms with Crippen molar-refractivity contribution in [2.24, 2.45) is 0 Å². The maximum absolute atomic E-state index is 13.2. The number of benzene rings is 2. The predicted molar refractivity (Wildman–Crippen MR) is 66.2 cm³/mol. The quantitative estimate of drug-likeness (QED) is 0.583. The zero-order chi connectivity index (χ0) is 14.2. The lowest BCUT2D eigenvalue weighted by Gasteiger charge is -2.05. The summed E-state index contributed by atoms with van der Waals surface area (Å²) in [5.41, 5.74) is -0.308. The molecule has 0 heterocycles. The molecular formula is C13H5Cl2F3O. The summed E-state index contributed by atoms with van der Waals surface area (Å²) in [5.74, 6) is -3.88. The molecule has 0 aromatic heterocycles. The van der Waals surface area contributed by atoms with Gasteiger partial charge in [-0.15, -0.1) is 0 Å². The Labute approximate surface area is 116 Å². The first-order valence-corrected chi connectivity index (χ1v) is 5.80. The van der Waals surface area contributed by atoms with Crippen LogP contribution >= 0.6 is 23.2 Å². The number of hydrogen-bond acceptors (Lipinski definition) is 1. The summed E-state index contributed by atoms with van der Waals surface area (Å²) in [6, 6.07) is 4.73. The third-order valence-electron chi connectivity index (χ3n) is 2.44. The molecule has 0 atom stereocenters. The molecule has 6 heteroatoms. The summed E-state index contributed by atoms with van der Waals surface area (Å²) >= 11 is 11.2. The molecule has 0 aliphatic rings. The molecule has 0 aliphatic carbocycles. The average molecular weight is 305 g/mol. The van der Waals surface area contributed by atoms with Crippen molar-refractivity contribution in [3.8, 4) is 0 Å². The van der Waals surface area contributed by atoms with E-state index in [0.717, 1.165) is 6.07 Å². The Morgan fingerprint density at radius 2 is 1.47 bits per heavy atom. The van der Waals surface area contributed by atoms with Crippen LogP contribution in [0.25, 0.3) is 0 Å². The second kappa shape index (κ2) is 5.23. The van der Waals surface area contributed by atoms with Gasteiger partial charge in [-0.1, -0.05) is 23.2 Å². The minimum Gasteiger partial charge on any atom is -0.289 e. The molecule has 0 N–H and O–H groups in total. The Morgan fingerprint density at radius 1 is 0.842 bits per heavy atom. The van der Waals surface area contributed by atoms with Gasteiger partial charge in [0.1, 0.15) is 5.82 Å². The Hall–Kier alpha value is -1.52. The van der Waals surface area contributed by atoms with Gasteiger partial charge in [0, 0.05) is 11.1 Å². The molecule has 0 unspecified atom stereocenters. The third-order valence-corrected chi connectivity index (χ3v) is 3.06. The van der Waals surface area contributed by atoms with E-state index in [0.29, 0.717) is 12.1 Å². The van der Waals surface area contributed by atoms with E-state index in [2.05, 4.69) is 0 Å². The fourth-order valence-corrected chi connectivity index (χ4v) is 1.84. The van der Waals surface area contributed by atoms with Crippen LogP contribution in [0, 0.1) is 17.5 Å². The summed E-state index contributed by atoms with van der Waals surface area (Å²) in [5, 5.41) is -0.396. The van der Waals surface area contributed by atoms with Crippen LogP contribution in [0.2, 0.25) is 10.0 Å². The molecular weight excluding hydrogens is 300 g/mol. The van der Waals surface area contributed by atoms with E-state index in [4.69, 9.17) is 23.2 Å². The van der Waals surface area contributed by atoms with Gasteiger partial charge in [0.15, 0.2) is 17.4 Å². The fourth-order valence-electron chi connectivity index (χ4n) is 1.49. The third kappa shape index (κ3) is 2.74. The normalized spacial score (nSPS) is 10.6. The molecule has 0 saturated carbocycles. The zero-order valence-electron chi connectivity index (χ0n) is 9.18. The van der Waals surface area contributed by atoms with Crippen molar-refractivity contribution in [2.75, 3.05) is 0 Å². The molecule has 1 nitrogen and oxygen atoms in total. The van der Waals surface area contributed by atoms with Crippen molar-refractivity contribution in [1.29, 1.82) is 0 Å². The van der Waals surface area contributed by atoms with Gasteiger partial charge < -0.3 is 0 Å². The predicted octanol–water partition coefficient (Wildman–Crippen LogP) is 4.64. The number of halogens is 5. The number of rotatable bonds is 2. The number of carbonyl (C=O) groups is 1. The highest BCUT2D eigenvalue weighted by Gasteiger charge is 2.17. The lowest BCUT2D eigenvalue weighted by atomic mass is 10.0. The Morgan fingerprint density at radius 3 is 2.11 bits per heavy atom. The van der Waals surface area contributed by atoms with Gasteiger partial charge in [-0.3, -0.25) is 4.79 Å². The van der Waals surface area contributed by atoms with Gasteiger partial charge >= 0.3 is 0 Å². The first kappa shape index (κ1) is 13.9. The van der Waals surface area contributed by atoms with Crippen molar-refractivity contribution < 1.29 is 18.0 Å². The first-order chi connectivity index (χ1) is 8.90. The van der Waals surface area contributed by atoms with Gasteiger partial charge in [-0.2, -0.15) is 0 Å².